The average Bonchev–Trinajstić information content (AvgIpc) is 3.21. The largest absolute Gasteiger partial charge is 0.340 e. The van der Waals surface area contributed by atoms with E-state index in [1.165, 1.54) is 0 Å². The second-order valence-corrected chi connectivity index (χ2v) is 7.56. The summed E-state index contributed by atoms with van der Waals surface area (Å²) in [7, 11) is 3.61. The predicted octanol–water partition coefficient (Wildman–Crippen LogP) is 2.99. The quantitative estimate of drug-likeness (QED) is 0.862. The summed E-state index contributed by atoms with van der Waals surface area (Å²) >= 11 is 3.24. The monoisotopic (exact) mass is 334 g/mol. The van der Waals surface area contributed by atoms with Gasteiger partial charge in [0.2, 0.25) is 11.8 Å². The molecule has 1 fully saturated rings. The molecular weight excluding hydrogens is 316 g/mol. The van der Waals surface area contributed by atoms with E-state index < -0.39 is 0 Å². The Labute approximate surface area is 138 Å². The molecule has 3 heterocycles. The van der Waals surface area contributed by atoms with E-state index in [4.69, 9.17) is 0 Å². The number of carbonyl (C=O) groups is 2. The molecular formula is C16H18N2O2S2. The minimum Gasteiger partial charge on any atom is -0.340 e. The van der Waals surface area contributed by atoms with Gasteiger partial charge in [-0.2, -0.15) is 0 Å². The smallest absolute Gasteiger partial charge is 0.228 e. The fraction of sp³-hybridized carbons (Fsp3) is 0.375. The Bertz CT molecular complexity index is 652. The van der Waals surface area contributed by atoms with E-state index >= 15 is 0 Å². The first-order valence-electron chi connectivity index (χ1n) is 7.14. The molecule has 0 saturated carbocycles. The van der Waals surface area contributed by atoms with Crippen LogP contribution >= 0.6 is 22.7 Å². The number of hydrogen-bond donors (Lipinski definition) is 0. The zero-order valence-corrected chi connectivity index (χ0v) is 14.2. The predicted molar refractivity (Wildman–Crippen MR) is 88.7 cm³/mol. The lowest BCUT2D eigenvalue weighted by molar-refractivity contribution is -0.135. The van der Waals surface area contributed by atoms with Gasteiger partial charge < -0.3 is 9.80 Å². The second-order valence-electron chi connectivity index (χ2n) is 5.55. The number of amides is 2. The third-order valence-corrected chi connectivity index (χ3v) is 5.89. The van der Waals surface area contributed by atoms with Crippen LogP contribution in [0.25, 0.3) is 0 Å². The van der Waals surface area contributed by atoms with Gasteiger partial charge in [-0.1, -0.05) is 12.1 Å². The molecule has 1 saturated heterocycles. The first kappa shape index (κ1) is 15.2. The van der Waals surface area contributed by atoms with Crippen LogP contribution in [-0.2, 0) is 16.1 Å². The van der Waals surface area contributed by atoms with E-state index in [9.17, 15) is 9.59 Å². The van der Waals surface area contributed by atoms with E-state index in [1.807, 2.05) is 42.1 Å². The molecule has 2 aromatic heterocycles. The second kappa shape index (κ2) is 6.22. The van der Waals surface area contributed by atoms with Gasteiger partial charge in [-0.25, -0.2) is 0 Å². The molecule has 0 N–H and O–H groups in total. The van der Waals surface area contributed by atoms with E-state index in [2.05, 4.69) is 0 Å². The normalized spacial score (nSPS) is 21.4. The van der Waals surface area contributed by atoms with Gasteiger partial charge in [0.1, 0.15) is 0 Å². The van der Waals surface area contributed by atoms with Crippen molar-refractivity contribution >= 4 is 34.5 Å². The van der Waals surface area contributed by atoms with Gasteiger partial charge in [-0.15, -0.1) is 22.7 Å². The summed E-state index contributed by atoms with van der Waals surface area (Å²) in [5.74, 6) is -0.202. The van der Waals surface area contributed by atoms with Crippen LogP contribution in [0.5, 0.6) is 0 Å². The summed E-state index contributed by atoms with van der Waals surface area (Å²) in [6.45, 7) is 0.599. The fourth-order valence-electron chi connectivity index (χ4n) is 2.94. The highest BCUT2D eigenvalue weighted by Crippen LogP contribution is 2.40. The van der Waals surface area contributed by atoms with Gasteiger partial charge in [0.25, 0.3) is 0 Å². The van der Waals surface area contributed by atoms with Gasteiger partial charge in [-0.05, 0) is 22.9 Å². The maximum Gasteiger partial charge on any atom is 0.228 e. The van der Waals surface area contributed by atoms with Crippen LogP contribution in [0.1, 0.15) is 22.2 Å². The number of likely N-dealkylation sites (tertiary alicyclic amines) is 1. The molecule has 2 aromatic rings. The average molecular weight is 334 g/mol. The Morgan fingerprint density at radius 1 is 1.32 bits per heavy atom. The Morgan fingerprint density at radius 2 is 2.05 bits per heavy atom. The summed E-state index contributed by atoms with van der Waals surface area (Å²) in [6.07, 6.45) is 0.298. The first-order valence-corrected chi connectivity index (χ1v) is 8.90. The van der Waals surface area contributed by atoms with Crippen LogP contribution < -0.4 is 0 Å². The number of thiophene rings is 2. The summed E-state index contributed by atoms with van der Waals surface area (Å²) < 4.78 is 0. The van der Waals surface area contributed by atoms with Crippen molar-refractivity contribution in [2.75, 3.05) is 14.1 Å². The van der Waals surface area contributed by atoms with Crippen molar-refractivity contribution in [1.82, 2.24) is 9.80 Å². The van der Waals surface area contributed by atoms with Gasteiger partial charge >= 0.3 is 0 Å². The highest BCUT2D eigenvalue weighted by Gasteiger charge is 2.44. The third-order valence-electron chi connectivity index (χ3n) is 4.09. The summed E-state index contributed by atoms with van der Waals surface area (Å²) in [6, 6.07) is 7.85. The van der Waals surface area contributed by atoms with Crippen LogP contribution in [0.3, 0.4) is 0 Å². The van der Waals surface area contributed by atoms with Crippen LogP contribution in [-0.4, -0.2) is 35.7 Å². The van der Waals surface area contributed by atoms with E-state index in [0.717, 1.165) is 9.75 Å². The zero-order valence-electron chi connectivity index (χ0n) is 12.6. The molecule has 0 radical (unpaired) electrons. The van der Waals surface area contributed by atoms with E-state index in [0.29, 0.717) is 13.0 Å². The highest BCUT2D eigenvalue weighted by molar-refractivity contribution is 7.10. The summed E-state index contributed by atoms with van der Waals surface area (Å²) in [5.41, 5.74) is 0. The van der Waals surface area contributed by atoms with E-state index in [-0.39, 0.29) is 23.8 Å². The molecule has 1 aliphatic rings. The van der Waals surface area contributed by atoms with Crippen LogP contribution in [0.2, 0.25) is 0 Å². The lowest BCUT2D eigenvalue weighted by atomic mass is 9.97. The topological polar surface area (TPSA) is 40.6 Å². The van der Waals surface area contributed by atoms with Gasteiger partial charge in [0, 0.05) is 30.3 Å². The Kier molecular flexibility index (Phi) is 4.31. The Hall–Kier alpha value is -1.66. The molecule has 0 aliphatic carbocycles. The lowest BCUT2D eigenvalue weighted by Crippen LogP contribution is -2.35. The molecule has 0 spiro atoms. The summed E-state index contributed by atoms with van der Waals surface area (Å²) in [4.78, 5) is 30.6. The molecule has 2 unspecified atom stereocenters. The number of nitrogens with zero attached hydrogens (tertiary/aromatic N) is 2. The molecule has 0 bridgehead atoms. The van der Waals surface area contributed by atoms with Gasteiger partial charge in [-0.3, -0.25) is 9.59 Å². The molecule has 2 atom stereocenters. The number of rotatable bonds is 4. The maximum atomic E-state index is 12.8. The molecule has 6 heteroatoms. The fourth-order valence-corrected chi connectivity index (χ4v) is 4.63. The molecule has 4 nitrogen and oxygen atoms in total. The SMILES string of the molecule is CN(Cc1cccs1)C(=O)C1CC(=O)N(C)C1c1cccs1. The number of hydrogen-bond acceptors (Lipinski definition) is 4. The molecule has 0 aromatic carbocycles. The van der Waals surface area contributed by atoms with Crippen molar-refractivity contribution in [3.8, 4) is 0 Å². The van der Waals surface area contributed by atoms with Gasteiger partial charge in [0.05, 0.1) is 18.5 Å². The number of carbonyl (C=O) groups excluding carboxylic acids is 2. The zero-order chi connectivity index (χ0) is 15.7. The third kappa shape index (κ3) is 2.80. The van der Waals surface area contributed by atoms with Crippen molar-refractivity contribution in [2.24, 2.45) is 5.92 Å². The maximum absolute atomic E-state index is 12.8. The van der Waals surface area contributed by atoms with Crippen LogP contribution in [0.15, 0.2) is 35.0 Å². The molecule has 3 rings (SSSR count). The van der Waals surface area contributed by atoms with Gasteiger partial charge in [0.15, 0.2) is 0 Å². The van der Waals surface area contributed by atoms with E-state index in [1.54, 1.807) is 39.5 Å². The standard InChI is InChI=1S/C16H18N2O2S2/c1-17(10-11-5-3-7-21-11)16(20)12-9-14(19)18(2)15(12)13-6-4-8-22-13/h3-8,12,15H,9-10H2,1-2H3. The van der Waals surface area contributed by atoms with Crippen LogP contribution in [0.4, 0.5) is 0 Å². The van der Waals surface area contributed by atoms with Crippen molar-refractivity contribution in [3.63, 3.8) is 0 Å². The first-order chi connectivity index (χ1) is 10.6. The van der Waals surface area contributed by atoms with Crippen LogP contribution in [0, 0.1) is 5.92 Å². The van der Waals surface area contributed by atoms with Crippen molar-refractivity contribution < 1.29 is 9.59 Å². The Balaban J connectivity index is 1.79. The van der Waals surface area contributed by atoms with Crippen molar-refractivity contribution in [2.45, 2.75) is 19.0 Å². The summed E-state index contributed by atoms with van der Waals surface area (Å²) in [5, 5.41) is 4.00. The molecule has 1 aliphatic heterocycles. The molecule has 22 heavy (non-hydrogen) atoms. The van der Waals surface area contributed by atoms with Crippen molar-refractivity contribution in [3.05, 3.63) is 44.8 Å². The lowest BCUT2D eigenvalue weighted by Gasteiger charge is -2.26. The molecule has 2 amide bonds. The van der Waals surface area contributed by atoms with Crippen molar-refractivity contribution in [1.29, 1.82) is 0 Å². The minimum atomic E-state index is -0.291. The minimum absolute atomic E-state index is 0.0428. The molecule has 116 valence electrons. The Morgan fingerprint density at radius 3 is 2.68 bits per heavy atom. The highest BCUT2D eigenvalue weighted by atomic mass is 32.1.